The second-order valence-electron chi connectivity index (χ2n) is 6.76. The third-order valence-electron chi connectivity index (χ3n) is 4.58. The van der Waals surface area contributed by atoms with Gasteiger partial charge in [0.05, 0.1) is 18.5 Å². The Morgan fingerprint density at radius 2 is 1.80 bits per heavy atom. The summed E-state index contributed by atoms with van der Waals surface area (Å²) >= 11 is 1.51. The van der Waals surface area contributed by atoms with Crippen molar-refractivity contribution in [3.63, 3.8) is 0 Å². The van der Waals surface area contributed by atoms with Crippen LogP contribution in [0.15, 0.2) is 78.2 Å². The SMILES string of the molecule is COc1ccccc1Nc1nc(-c2cccc(NC(=O)c3ccc(C)cc3)c2)cs1. The van der Waals surface area contributed by atoms with Crippen LogP contribution >= 0.6 is 11.3 Å². The number of carbonyl (C=O) groups excluding carboxylic acids is 1. The number of aromatic nitrogens is 1. The fraction of sp³-hybridized carbons (Fsp3) is 0.0833. The minimum absolute atomic E-state index is 0.135. The second-order valence-corrected chi connectivity index (χ2v) is 7.62. The maximum absolute atomic E-state index is 12.5. The number of hydrogen-bond acceptors (Lipinski definition) is 5. The van der Waals surface area contributed by atoms with E-state index in [1.807, 2.05) is 85.1 Å². The van der Waals surface area contributed by atoms with Crippen molar-refractivity contribution >= 4 is 33.8 Å². The maximum Gasteiger partial charge on any atom is 0.255 e. The average Bonchev–Trinajstić information content (AvgIpc) is 3.23. The number of anilines is 3. The lowest BCUT2D eigenvalue weighted by Crippen LogP contribution is -2.11. The molecule has 3 aromatic carbocycles. The molecule has 0 unspecified atom stereocenters. The molecule has 150 valence electrons. The Hall–Kier alpha value is -3.64. The third kappa shape index (κ3) is 4.50. The van der Waals surface area contributed by atoms with Crippen molar-refractivity contribution in [2.45, 2.75) is 6.92 Å². The summed E-state index contributed by atoms with van der Waals surface area (Å²) in [5.41, 5.74) is 5.10. The van der Waals surface area contributed by atoms with Crippen LogP contribution in [-0.2, 0) is 0 Å². The molecule has 0 saturated carbocycles. The molecule has 0 aliphatic carbocycles. The molecule has 5 nitrogen and oxygen atoms in total. The molecular formula is C24H21N3O2S. The van der Waals surface area contributed by atoms with Gasteiger partial charge in [-0.3, -0.25) is 4.79 Å². The Labute approximate surface area is 179 Å². The fourth-order valence-electron chi connectivity index (χ4n) is 2.99. The van der Waals surface area contributed by atoms with Gasteiger partial charge in [0, 0.05) is 22.2 Å². The third-order valence-corrected chi connectivity index (χ3v) is 5.34. The van der Waals surface area contributed by atoms with E-state index in [4.69, 9.17) is 4.74 Å². The van der Waals surface area contributed by atoms with Crippen LogP contribution < -0.4 is 15.4 Å². The molecule has 0 bridgehead atoms. The quantitative estimate of drug-likeness (QED) is 0.398. The number of rotatable bonds is 6. The van der Waals surface area contributed by atoms with Gasteiger partial charge in [-0.25, -0.2) is 4.98 Å². The lowest BCUT2D eigenvalue weighted by molar-refractivity contribution is 0.102. The van der Waals surface area contributed by atoms with Crippen LogP contribution in [0.4, 0.5) is 16.5 Å². The van der Waals surface area contributed by atoms with E-state index in [-0.39, 0.29) is 5.91 Å². The first-order chi connectivity index (χ1) is 14.6. The number of hydrogen-bond donors (Lipinski definition) is 2. The van der Waals surface area contributed by atoms with E-state index in [0.717, 1.165) is 39.1 Å². The Bertz CT molecular complexity index is 1170. The van der Waals surface area contributed by atoms with Gasteiger partial charge in [0.25, 0.3) is 5.91 Å². The Morgan fingerprint density at radius 3 is 2.60 bits per heavy atom. The molecule has 0 spiro atoms. The van der Waals surface area contributed by atoms with Gasteiger partial charge in [0.15, 0.2) is 5.13 Å². The fourth-order valence-corrected chi connectivity index (χ4v) is 3.72. The second kappa shape index (κ2) is 8.80. The van der Waals surface area contributed by atoms with Crippen LogP contribution in [0.25, 0.3) is 11.3 Å². The summed E-state index contributed by atoms with van der Waals surface area (Å²) in [4.78, 5) is 17.2. The summed E-state index contributed by atoms with van der Waals surface area (Å²) in [6.07, 6.45) is 0. The maximum atomic E-state index is 12.5. The van der Waals surface area contributed by atoms with Crippen LogP contribution in [0, 0.1) is 6.92 Å². The predicted molar refractivity (Wildman–Crippen MR) is 123 cm³/mol. The number of thiazole rings is 1. The van der Waals surface area contributed by atoms with Crippen molar-refractivity contribution in [3.8, 4) is 17.0 Å². The Balaban J connectivity index is 1.50. The molecule has 0 atom stereocenters. The van der Waals surface area contributed by atoms with E-state index in [1.54, 1.807) is 7.11 Å². The molecule has 4 rings (SSSR count). The monoisotopic (exact) mass is 415 g/mol. The number of ether oxygens (including phenoxy) is 1. The number of para-hydroxylation sites is 2. The van der Waals surface area contributed by atoms with Crippen LogP contribution in [0.2, 0.25) is 0 Å². The summed E-state index contributed by atoms with van der Waals surface area (Å²) < 4.78 is 5.38. The van der Waals surface area contributed by atoms with Gasteiger partial charge in [0.1, 0.15) is 5.75 Å². The number of carbonyl (C=O) groups is 1. The van der Waals surface area contributed by atoms with E-state index in [2.05, 4.69) is 15.6 Å². The van der Waals surface area contributed by atoms with Gasteiger partial charge in [0.2, 0.25) is 0 Å². The van der Waals surface area contributed by atoms with Crippen LogP contribution in [0.1, 0.15) is 15.9 Å². The zero-order chi connectivity index (χ0) is 20.9. The highest BCUT2D eigenvalue weighted by Gasteiger charge is 2.10. The zero-order valence-corrected chi connectivity index (χ0v) is 17.5. The van der Waals surface area contributed by atoms with Crippen molar-refractivity contribution in [1.29, 1.82) is 0 Å². The molecule has 0 radical (unpaired) electrons. The summed E-state index contributed by atoms with van der Waals surface area (Å²) in [5, 5.41) is 9.01. The molecule has 0 saturated heterocycles. The van der Waals surface area contributed by atoms with E-state index in [0.29, 0.717) is 5.56 Å². The van der Waals surface area contributed by atoms with E-state index in [1.165, 1.54) is 11.3 Å². The van der Waals surface area contributed by atoms with Crippen molar-refractivity contribution in [1.82, 2.24) is 4.98 Å². The highest BCUT2D eigenvalue weighted by Crippen LogP contribution is 2.31. The van der Waals surface area contributed by atoms with Crippen molar-refractivity contribution in [3.05, 3.63) is 89.3 Å². The van der Waals surface area contributed by atoms with Crippen molar-refractivity contribution in [2.24, 2.45) is 0 Å². The van der Waals surface area contributed by atoms with Crippen LogP contribution in [-0.4, -0.2) is 18.0 Å². The van der Waals surface area contributed by atoms with E-state index >= 15 is 0 Å². The molecule has 1 amide bonds. The summed E-state index contributed by atoms with van der Waals surface area (Å²) in [5.74, 6) is 0.624. The number of nitrogens with zero attached hydrogens (tertiary/aromatic N) is 1. The van der Waals surface area contributed by atoms with Gasteiger partial charge >= 0.3 is 0 Å². The smallest absolute Gasteiger partial charge is 0.255 e. The average molecular weight is 416 g/mol. The molecule has 0 aliphatic rings. The zero-order valence-electron chi connectivity index (χ0n) is 16.7. The van der Waals surface area contributed by atoms with Crippen molar-refractivity contribution in [2.75, 3.05) is 17.7 Å². The number of aryl methyl sites for hydroxylation is 1. The molecule has 4 aromatic rings. The molecule has 30 heavy (non-hydrogen) atoms. The normalized spacial score (nSPS) is 10.5. The van der Waals surface area contributed by atoms with Gasteiger partial charge in [-0.1, -0.05) is 42.0 Å². The predicted octanol–water partition coefficient (Wildman–Crippen LogP) is 6.12. The number of nitrogens with one attached hydrogen (secondary N) is 2. The van der Waals surface area contributed by atoms with Gasteiger partial charge in [-0.15, -0.1) is 11.3 Å². The van der Waals surface area contributed by atoms with E-state index < -0.39 is 0 Å². The molecule has 2 N–H and O–H groups in total. The number of amides is 1. The summed E-state index contributed by atoms with van der Waals surface area (Å²) in [6.45, 7) is 2.00. The van der Waals surface area contributed by atoms with Gasteiger partial charge in [-0.2, -0.15) is 0 Å². The highest BCUT2D eigenvalue weighted by molar-refractivity contribution is 7.14. The summed E-state index contributed by atoms with van der Waals surface area (Å²) in [6, 6.07) is 22.9. The van der Waals surface area contributed by atoms with Gasteiger partial charge < -0.3 is 15.4 Å². The molecule has 1 aromatic heterocycles. The Kier molecular flexibility index (Phi) is 5.77. The Morgan fingerprint density at radius 1 is 1.00 bits per heavy atom. The molecule has 6 heteroatoms. The first-order valence-corrected chi connectivity index (χ1v) is 10.3. The lowest BCUT2D eigenvalue weighted by Gasteiger charge is -2.08. The topological polar surface area (TPSA) is 63.2 Å². The summed E-state index contributed by atoms with van der Waals surface area (Å²) in [7, 11) is 1.64. The first-order valence-electron chi connectivity index (χ1n) is 9.46. The standard InChI is InChI=1S/C24H21N3O2S/c1-16-10-12-17(13-11-16)23(28)25-19-7-5-6-18(14-19)21-15-30-24(27-21)26-20-8-3-4-9-22(20)29-2/h3-15H,1-2H3,(H,25,28)(H,26,27). The number of benzene rings is 3. The van der Waals surface area contributed by atoms with Gasteiger partial charge in [-0.05, 0) is 43.3 Å². The molecule has 0 aliphatic heterocycles. The first kappa shape index (κ1) is 19.7. The minimum atomic E-state index is -0.135. The highest BCUT2D eigenvalue weighted by atomic mass is 32.1. The van der Waals surface area contributed by atoms with Crippen LogP contribution in [0.3, 0.4) is 0 Å². The molecule has 0 fully saturated rings. The van der Waals surface area contributed by atoms with Crippen molar-refractivity contribution < 1.29 is 9.53 Å². The number of methoxy groups -OCH3 is 1. The lowest BCUT2D eigenvalue weighted by atomic mass is 10.1. The largest absolute Gasteiger partial charge is 0.495 e. The minimum Gasteiger partial charge on any atom is -0.495 e. The molecular weight excluding hydrogens is 394 g/mol. The molecule has 1 heterocycles. The van der Waals surface area contributed by atoms with Crippen LogP contribution in [0.5, 0.6) is 5.75 Å². The van der Waals surface area contributed by atoms with E-state index in [9.17, 15) is 4.79 Å².